The van der Waals surface area contributed by atoms with Crippen molar-refractivity contribution in [1.29, 1.82) is 5.26 Å². The van der Waals surface area contributed by atoms with Crippen molar-refractivity contribution in [2.45, 2.75) is 49.2 Å². The SMILES string of the molecule is COc1ccccc1-c1ccc(/C=C(/NC(=O)c2ccccc2)C(=O)Nc2ccc(SC(C)C(=O)Nc3sc4c(c3C#N)CCCCC4)cc2)o1. The predicted octanol–water partition coefficient (Wildman–Crippen LogP) is 8.69. The Morgan fingerprint density at radius 3 is 2.43 bits per heavy atom. The molecule has 6 rings (SSSR count). The molecular weight excluding hydrogens is 681 g/mol. The number of thiophene rings is 1. The van der Waals surface area contributed by atoms with Crippen molar-refractivity contribution in [2.75, 3.05) is 17.7 Å². The van der Waals surface area contributed by atoms with Gasteiger partial charge >= 0.3 is 0 Å². The zero-order chi connectivity index (χ0) is 35.7. The normalized spacial score (nSPS) is 13.2. The van der Waals surface area contributed by atoms with E-state index in [0.29, 0.717) is 39.1 Å². The Hall–Kier alpha value is -5.57. The van der Waals surface area contributed by atoms with Gasteiger partial charge < -0.3 is 25.1 Å². The van der Waals surface area contributed by atoms with Gasteiger partial charge in [0.2, 0.25) is 5.91 Å². The Morgan fingerprint density at radius 1 is 0.922 bits per heavy atom. The molecule has 3 amide bonds. The molecule has 0 aliphatic heterocycles. The number of nitrogens with zero attached hydrogens (tertiary/aromatic N) is 1. The van der Waals surface area contributed by atoms with Crippen LogP contribution in [0.25, 0.3) is 17.4 Å². The molecule has 3 aromatic carbocycles. The number of carbonyl (C=O) groups excluding carboxylic acids is 3. The van der Waals surface area contributed by atoms with Gasteiger partial charge in [0.25, 0.3) is 11.8 Å². The second-order valence-corrected chi connectivity index (χ2v) is 14.4. The van der Waals surface area contributed by atoms with E-state index in [4.69, 9.17) is 9.15 Å². The summed E-state index contributed by atoms with van der Waals surface area (Å²) in [4.78, 5) is 41.9. The highest BCUT2D eigenvalue weighted by molar-refractivity contribution is 8.00. The average Bonchev–Trinajstić information content (AvgIpc) is 3.68. The third kappa shape index (κ3) is 8.60. The molecule has 1 unspecified atom stereocenters. The Bertz CT molecular complexity index is 2110. The zero-order valence-corrected chi connectivity index (χ0v) is 29.8. The molecule has 0 fully saturated rings. The van der Waals surface area contributed by atoms with Crippen LogP contribution in [0.2, 0.25) is 0 Å². The number of nitrogens with one attached hydrogen (secondary N) is 3. The van der Waals surface area contributed by atoms with Crippen LogP contribution in [-0.4, -0.2) is 30.1 Å². The maximum Gasteiger partial charge on any atom is 0.272 e. The van der Waals surface area contributed by atoms with Gasteiger partial charge in [-0.2, -0.15) is 5.26 Å². The second kappa shape index (κ2) is 16.4. The van der Waals surface area contributed by atoms with Crippen LogP contribution in [0, 0.1) is 11.3 Å². The number of carbonyl (C=O) groups is 3. The summed E-state index contributed by atoms with van der Waals surface area (Å²) in [5, 5.41) is 18.6. The van der Waals surface area contributed by atoms with Crippen LogP contribution < -0.4 is 20.7 Å². The molecule has 0 saturated heterocycles. The first kappa shape index (κ1) is 35.3. The van der Waals surface area contributed by atoms with Crippen molar-refractivity contribution in [3.8, 4) is 23.1 Å². The number of amides is 3. The van der Waals surface area contributed by atoms with E-state index in [0.717, 1.165) is 48.1 Å². The van der Waals surface area contributed by atoms with Gasteiger partial charge in [-0.25, -0.2) is 0 Å². The van der Waals surface area contributed by atoms with Crippen LogP contribution in [-0.2, 0) is 22.4 Å². The first-order chi connectivity index (χ1) is 24.8. The molecule has 51 heavy (non-hydrogen) atoms. The first-order valence-corrected chi connectivity index (χ1v) is 18.3. The molecule has 11 heteroatoms. The molecule has 1 atom stereocenters. The Labute approximate surface area is 304 Å². The van der Waals surface area contributed by atoms with Gasteiger partial charge in [-0.05, 0) is 98.8 Å². The summed E-state index contributed by atoms with van der Waals surface area (Å²) in [6, 6.07) is 28.9. The maximum absolute atomic E-state index is 13.6. The highest BCUT2D eigenvalue weighted by atomic mass is 32.2. The highest BCUT2D eigenvalue weighted by Crippen LogP contribution is 2.38. The summed E-state index contributed by atoms with van der Waals surface area (Å²) >= 11 is 2.89. The van der Waals surface area contributed by atoms with E-state index in [1.807, 2.05) is 43.3 Å². The lowest BCUT2D eigenvalue weighted by atomic mass is 10.1. The van der Waals surface area contributed by atoms with Gasteiger partial charge in [0.05, 0.1) is 23.5 Å². The Morgan fingerprint density at radius 2 is 1.67 bits per heavy atom. The molecular formula is C40H36N4O5S2. The molecule has 5 aromatic rings. The molecule has 1 aliphatic rings. The monoisotopic (exact) mass is 716 g/mol. The summed E-state index contributed by atoms with van der Waals surface area (Å²) < 4.78 is 11.5. The van der Waals surface area contributed by atoms with E-state index >= 15 is 0 Å². The number of benzene rings is 3. The minimum atomic E-state index is -0.551. The fourth-order valence-electron chi connectivity index (χ4n) is 5.74. The van der Waals surface area contributed by atoms with Crippen molar-refractivity contribution in [1.82, 2.24) is 5.32 Å². The summed E-state index contributed by atoms with van der Waals surface area (Å²) in [6.07, 6.45) is 6.62. The summed E-state index contributed by atoms with van der Waals surface area (Å²) in [5.74, 6) is 0.352. The number of hydrogen-bond acceptors (Lipinski definition) is 8. The van der Waals surface area contributed by atoms with E-state index in [2.05, 4.69) is 22.0 Å². The molecule has 258 valence electrons. The molecule has 0 spiro atoms. The number of nitriles is 1. The van der Waals surface area contributed by atoms with Gasteiger partial charge in [0.1, 0.15) is 34.0 Å². The van der Waals surface area contributed by atoms with Gasteiger partial charge in [-0.3, -0.25) is 14.4 Å². The van der Waals surface area contributed by atoms with E-state index in [-0.39, 0.29) is 11.6 Å². The first-order valence-electron chi connectivity index (χ1n) is 16.6. The van der Waals surface area contributed by atoms with Crippen LogP contribution in [0.3, 0.4) is 0 Å². The number of furan rings is 1. The lowest BCUT2D eigenvalue weighted by Gasteiger charge is -2.13. The zero-order valence-electron chi connectivity index (χ0n) is 28.2. The molecule has 2 aromatic heterocycles. The largest absolute Gasteiger partial charge is 0.496 e. The quantitative estimate of drug-likeness (QED) is 0.0708. The van der Waals surface area contributed by atoms with Crippen LogP contribution in [0.5, 0.6) is 5.75 Å². The average molecular weight is 717 g/mol. The van der Waals surface area contributed by atoms with E-state index in [1.165, 1.54) is 34.1 Å². The predicted molar refractivity (Wildman–Crippen MR) is 202 cm³/mol. The molecule has 0 radical (unpaired) electrons. The number of hydrogen-bond donors (Lipinski definition) is 3. The van der Waals surface area contributed by atoms with Crippen LogP contribution in [0.4, 0.5) is 10.7 Å². The van der Waals surface area contributed by atoms with Gasteiger partial charge in [-0.15, -0.1) is 23.1 Å². The minimum Gasteiger partial charge on any atom is -0.496 e. The molecule has 3 N–H and O–H groups in total. The van der Waals surface area contributed by atoms with Crippen molar-refractivity contribution in [3.63, 3.8) is 0 Å². The lowest BCUT2D eigenvalue weighted by Crippen LogP contribution is -2.30. The van der Waals surface area contributed by atoms with Crippen LogP contribution >= 0.6 is 23.1 Å². The molecule has 2 heterocycles. The van der Waals surface area contributed by atoms with Crippen LogP contribution in [0.1, 0.15) is 58.3 Å². The standard InChI is InChI=1S/C40H36N4O5S2/c1-25(37(45)44-40-32(24-41)30-13-7-4-8-16-36(30)51-40)50-29-20-17-27(18-21-29)42-39(47)33(43-38(46)26-11-5-3-6-12-26)23-28-19-22-35(49-28)31-14-9-10-15-34(31)48-2/h3,5-6,9-12,14-15,17-23,25H,4,7-8,13,16H2,1-2H3,(H,42,47)(H,43,46)(H,44,45)/b33-23+. The van der Waals surface area contributed by atoms with Crippen LogP contribution in [0.15, 0.2) is 106 Å². The Balaban J connectivity index is 1.14. The number of thioether (sulfide) groups is 1. The van der Waals surface area contributed by atoms with Crippen molar-refractivity contribution in [2.24, 2.45) is 0 Å². The third-order valence-electron chi connectivity index (χ3n) is 8.38. The number of fused-ring (bicyclic) bond motifs is 1. The van der Waals surface area contributed by atoms with Crippen molar-refractivity contribution < 1.29 is 23.5 Å². The third-order valence-corrected chi connectivity index (χ3v) is 10.7. The van der Waals surface area contributed by atoms with E-state index in [9.17, 15) is 19.6 Å². The van der Waals surface area contributed by atoms with Crippen molar-refractivity contribution in [3.05, 3.63) is 124 Å². The second-order valence-electron chi connectivity index (χ2n) is 11.9. The smallest absolute Gasteiger partial charge is 0.272 e. The lowest BCUT2D eigenvalue weighted by molar-refractivity contribution is -0.115. The van der Waals surface area contributed by atoms with Crippen molar-refractivity contribution >= 4 is 57.6 Å². The Kier molecular flexibility index (Phi) is 11.4. The highest BCUT2D eigenvalue weighted by Gasteiger charge is 2.23. The number of rotatable bonds is 11. The van der Waals surface area contributed by atoms with E-state index < -0.39 is 17.1 Å². The van der Waals surface area contributed by atoms with E-state index in [1.54, 1.807) is 61.7 Å². The number of methoxy groups -OCH3 is 1. The number of para-hydroxylation sites is 1. The minimum absolute atomic E-state index is 0.0175. The summed E-state index contributed by atoms with van der Waals surface area (Å²) in [5.41, 5.74) is 3.30. The topological polar surface area (TPSA) is 133 Å². The maximum atomic E-state index is 13.6. The van der Waals surface area contributed by atoms with Gasteiger partial charge in [0, 0.05) is 27.1 Å². The summed E-state index contributed by atoms with van der Waals surface area (Å²) in [6.45, 7) is 1.82. The van der Waals surface area contributed by atoms with Gasteiger partial charge in [0.15, 0.2) is 0 Å². The van der Waals surface area contributed by atoms with Gasteiger partial charge in [-0.1, -0.05) is 36.8 Å². The number of anilines is 2. The fraction of sp³-hybridized carbons (Fsp3) is 0.200. The molecule has 9 nitrogen and oxygen atoms in total. The molecule has 0 saturated carbocycles. The fourth-order valence-corrected chi connectivity index (χ4v) is 7.85. The molecule has 0 bridgehead atoms. The number of ether oxygens (including phenoxy) is 1. The summed E-state index contributed by atoms with van der Waals surface area (Å²) in [7, 11) is 1.58. The number of aryl methyl sites for hydroxylation is 1. The molecule has 1 aliphatic carbocycles.